The number of fused-ring (bicyclic) bond motifs is 1. The Morgan fingerprint density at radius 1 is 1.03 bits per heavy atom. The molecular formula is C24H21F4N3O2. The molecule has 0 bridgehead atoms. The lowest BCUT2D eigenvalue weighted by molar-refractivity contribution is -0.137. The maximum atomic E-state index is 15.0. The van der Waals surface area contributed by atoms with Crippen molar-refractivity contribution in [2.75, 3.05) is 31.2 Å². The van der Waals surface area contributed by atoms with Crippen molar-refractivity contribution in [1.29, 1.82) is 5.26 Å². The number of alkyl halides is 3. The number of rotatable bonds is 3. The minimum Gasteiger partial charge on any atom is -0.378 e. The van der Waals surface area contributed by atoms with Gasteiger partial charge >= 0.3 is 6.18 Å². The molecule has 0 N–H and O–H groups in total. The van der Waals surface area contributed by atoms with Gasteiger partial charge in [-0.05, 0) is 43.7 Å². The van der Waals surface area contributed by atoms with Gasteiger partial charge in [-0.25, -0.2) is 4.39 Å². The molecule has 0 saturated carbocycles. The zero-order valence-electron chi connectivity index (χ0n) is 18.0. The Balaban J connectivity index is 1.94. The van der Waals surface area contributed by atoms with Crippen LogP contribution in [0.5, 0.6) is 0 Å². The van der Waals surface area contributed by atoms with E-state index < -0.39 is 28.5 Å². The Bertz CT molecular complexity index is 1300. The van der Waals surface area contributed by atoms with E-state index in [1.165, 1.54) is 18.3 Å². The molecule has 0 spiro atoms. The molecule has 3 aromatic rings. The van der Waals surface area contributed by atoms with Gasteiger partial charge in [-0.1, -0.05) is 12.1 Å². The van der Waals surface area contributed by atoms with Crippen molar-refractivity contribution in [3.8, 4) is 6.07 Å². The van der Waals surface area contributed by atoms with Crippen LogP contribution in [0.4, 0.5) is 23.2 Å². The van der Waals surface area contributed by atoms with Gasteiger partial charge < -0.3 is 14.2 Å². The Hall–Kier alpha value is -3.38. The summed E-state index contributed by atoms with van der Waals surface area (Å²) in [4.78, 5) is 14.6. The molecule has 9 heteroatoms. The maximum Gasteiger partial charge on any atom is 0.416 e. The fourth-order valence-electron chi connectivity index (χ4n) is 4.13. The Morgan fingerprint density at radius 3 is 2.21 bits per heavy atom. The van der Waals surface area contributed by atoms with Crippen molar-refractivity contribution in [2.24, 2.45) is 0 Å². The molecule has 1 fully saturated rings. The summed E-state index contributed by atoms with van der Waals surface area (Å²) < 4.78 is 61.1. The minimum absolute atomic E-state index is 0.0311. The highest BCUT2D eigenvalue weighted by atomic mass is 19.4. The van der Waals surface area contributed by atoms with E-state index >= 15 is 4.39 Å². The quantitative estimate of drug-likeness (QED) is 0.535. The number of ether oxygens (including phenoxy) is 1. The molecule has 0 unspecified atom stereocenters. The summed E-state index contributed by atoms with van der Waals surface area (Å²) in [6.07, 6.45) is -3.09. The molecule has 0 amide bonds. The summed E-state index contributed by atoms with van der Waals surface area (Å²) in [5.74, 6) is -0.588. The van der Waals surface area contributed by atoms with Crippen LogP contribution in [0, 0.1) is 17.1 Å². The minimum atomic E-state index is -4.47. The third-order valence-corrected chi connectivity index (χ3v) is 6.07. The molecule has 2 aromatic carbocycles. The second kappa shape index (κ2) is 8.19. The van der Waals surface area contributed by atoms with Crippen LogP contribution in [-0.2, 0) is 16.5 Å². The van der Waals surface area contributed by atoms with Crippen LogP contribution in [0.25, 0.3) is 10.9 Å². The Kier molecular flexibility index (Phi) is 5.66. The molecule has 2 heterocycles. The standard InChI is InChI=1S/C24H21F4N3O2/c1-23(2,16-3-5-17(6-4-16)24(26,27)28)31-14-15(13-29)22(32)18-11-19(25)21(12-20(18)31)30-7-9-33-10-8-30/h3-6,11-12,14H,7-10H2,1-2H3. The number of halogens is 4. The van der Waals surface area contributed by atoms with Crippen LogP contribution in [0.2, 0.25) is 0 Å². The summed E-state index contributed by atoms with van der Waals surface area (Å²) >= 11 is 0. The fraction of sp³-hybridized carbons (Fsp3) is 0.333. The van der Waals surface area contributed by atoms with Crippen molar-refractivity contribution < 1.29 is 22.3 Å². The van der Waals surface area contributed by atoms with Crippen LogP contribution in [0.15, 0.2) is 47.4 Å². The predicted octanol–water partition coefficient (Wildman–Crippen LogP) is 4.65. The first-order valence-corrected chi connectivity index (χ1v) is 10.3. The summed E-state index contributed by atoms with van der Waals surface area (Å²) in [6.45, 7) is 5.36. The maximum absolute atomic E-state index is 15.0. The Labute approximate surface area is 187 Å². The molecule has 1 aromatic heterocycles. The second-order valence-electron chi connectivity index (χ2n) is 8.41. The SMILES string of the molecule is CC(C)(c1ccc(C(F)(F)F)cc1)n1cc(C#N)c(=O)c2cc(F)c(N3CCOCC3)cc21. The van der Waals surface area contributed by atoms with Gasteiger partial charge in [0.05, 0.1) is 40.9 Å². The van der Waals surface area contributed by atoms with Crippen molar-refractivity contribution >= 4 is 16.6 Å². The number of morpholine rings is 1. The van der Waals surface area contributed by atoms with E-state index in [2.05, 4.69) is 0 Å². The molecule has 172 valence electrons. The van der Waals surface area contributed by atoms with Crippen molar-refractivity contribution in [2.45, 2.75) is 25.6 Å². The van der Waals surface area contributed by atoms with Gasteiger partial charge in [-0.2, -0.15) is 18.4 Å². The topological polar surface area (TPSA) is 58.3 Å². The van der Waals surface area contributed by atoms with Crippen LogP contribution in [0.3, 0.4) is 0 Å². The third kappa shape index (κ3) is 4.07. The number of nitrogens with zero attached hydrogens (tertiary/aromatic N) is 3. The average molecular weight is 459 g/mol. The first-order valence-electron chi connectivity index (χ1n) is 10.3. The zero-order chi connectivity index (χ0) is 24.0. The third-order valence-electron chi connectivity index (χ3n) is 6.07. The van der Waals surface area contributed by atoms with E-state index in [1.807, 2.05) is 11.0 Å². The largest absolute Gasteiger partial charge is 0.416 e. The van der Waals surface area contributed by atoms with Crippen molar-refractivity contribution in [3.63, 3.8) is 0 Å². The molecule has 0 aliphatic carbocycles. The number of hydrogen-bond donors (Lipinski definition) is 0. The number of benzene rings is 2. The molecule has 1 aliphatic rings. The summed E-state index contributed by atoms with van der Waals surface area (Å²) in [6, 6.07) is 9.25. The van der Waals surface area contributed by atoms with Gasteiger partial charge in [-0.3, -0.25) is 4.79 Å². The first-order chi connectivity index (χ1) is 15.5. The molecule has 0 atom stereocenters. The second-order valence-corrected chi connectivity index (χ2v) is 8.41. The number of hydrogen-bond acceptors (Lipinski definition) is 4. The van der Waals surface area contributed by atoms with Crippen LogP contribution < -0.4 is 10.3 Å². The summed E-state index contributed by atoms with van der Waals surface area (Å²) in [5, 5.41) is 9.52. The monoisotopic (exact) mass is 459 g/mol. The smallest absolute Gasteiger partial charge is 0.378 e. The van der Waals surface area contributed by atoms with Crippen molar-refractivity contribution in [1.82, 2.24) is 4.57 Å². The number of aromatic nitrogens is 1. The first kappa shape index (κ1) is 22.8. The van der Waals surface area contributed by atoms with Gasteiger partial charge in [0.2, 0.25) is 5.43 Å². The summed E-state index contributed by atoms with van der Waals surface area (Å²) in [7, 11) is 0. The molecular weight excluding hydrogens is 438 g/mol. The van der Waals surface area contributed by atoms with E-state index in [-0.39, 0.29) is 10.9 Å². The van der Waals surface area contributed by atoms with Gasteiger partial charge in [0.1, 0.15) is 17.4 Å². The fourth-order valence-corrected chi connectivity index (χ4v) is 4.13. The van der Waals surface area contributed by atoms with E-state index in [4.69, 9.17) is 4.74 Å². The Morgan fingerprint density at radius 2 is 1.64 bits per heavy atom. The molecule has 1 aliphatic heterocycles. The van der Waals surface area contributed by atoms with Gasteiger partial charge in [-0.15, -0.1) is 0 Å². The van der Waals surface area contributed by atoms with Crippen LogP contribution in [0.1, 0.15) is 30.5 Å². The van der Waals surface area contributed by atoms with Gasteiger partial charge in [0, 0.05) is 19.3 Å². The van der Waals surface area contributed by atoms with Crippen LogP contribution in [-0.4, -0.2) is 30.9 Å². The van der Waals surface area contributed by atoms with Crippen molar-refractivity contribution in [3.05, 3.63) is 75.3 Å². The molecule has 33 heavy (non-hydrogen) atoms. The highest BCUT2D eigenvalue weighted by Gasteiger charge is 2.32. The van der Waals surface area contributed by atoms with E-state index in [9.17, 15) is 23.2 Å². The number of anilines is 1. The number of pyridine rings is 1. The summed E-state index contributed by atoms with van der Waals surface area (Å²) in [5.41, 5.74) is -1.30. The lowest BCUT2D eigenvalue weighted by Gasteiger charge is -2.33. The number of nitriles is 1. The molecule has 4 rings (SSSR count). The highest BCUT2D eigenvalue weighted by molar-refractivity contribution is 5.84. The van der Waals surface area contributed by atoms with E-state index in [0.29, 0.717) is 43.1 Å². The molecule has 5 nitrogen and oxygen atoms in total. The van der Waals surface area contributed by atoms with E-state index in [1.54, 1.807) is 24.5 Å². The lowest BCUT2D eigenvalue weighted by Crippen LogP contribution is -2.37. The van der Waals surface area contributed by atoms with Crippen LogP contribution >= 0.6 is 0 Å². The molecule has 0 radical (unpaired) electrons. The molecule has 1 saturated heterocycles. The zero-order valence-corrected chi connectivity index (χ0v) is 18.0. The van der Waals surface area contributed by atoms with Gasteiger partial charge in [0.15, 0.2) is 0 Å². The normalized spacial score (nSPS) is 15.0. The highest BCUT2D eigenvalue weighted by Crippen LogP contribution is 2.35. The average Bonchev–Trinajstić information content (AvgIpc) is 2.79. The van der Waals surface area contributed by atoms with Gasteiger partial charge in [0.25, 0.3) is 0 Å². The predicted molar refractivity (Wildman–Crippen MR) is 116 cm³/mol. The lowest BCUT2D eigenvalue weighted by atomic mass is 9.91. The van der Waals surface area contributed by atoms with E-state index in [0.717, 1.165) is 18.2 Å².